The Balaban J connectivity index is 2.12. The van der Waals surface area contributed by atoms with Crippen molar-refractivity contribution in [3.05, 3.63) is 84.9 Å². The molecular weight excluding hydrogens is 347 g/mol. The fourth-order valence-electron chi connectivity index (χ4n) is 3.91. The number of hydrogen-bond donors (Lipinski definition) is 1. The molecule has 3 aromatic carbocycles. The van der Waals surface area contributed by atoms with Crippen molar-refractivity contribution >= 4 is 23.2 Å². The summed E-state index contributed by atoms with van der Waals surface area (Å²) in [4.78, 5) is 0. The quantitative estimate of drug-likeness (QED) is 0.377. The molecule has 1 N–H and O–H groups in total. The third-order valence-corrected chi connectivity index (χ3v) is 9.83. The Morgan fingerprint density at radius 3 is 1.70 bits per heavy atom. The summed E-state index contributed by atoms with van der Waals surface area (Å²) in [5, 5.41) is 14.7. The summed E-state index contributed by atoms with van der Waals surface area (Å²) < 4.78 is 0. The van der Waals surface area contributed by atoms with Crippen LogP contribution >= 0.6 is 7.26 Å². The van der Waals surface area contributed by atoms with Crippen LogP contribution < -0.4 is 15.9 Å². The van der Waals surface area contributed by atoms with E-state index in [4.69, 9.17) is 0 Å². The lowest BCUT2D eigenvalue weighted by molar-refractivity contribution is 0.479. The van der Waals surface area contributed by atoms with Crippen molar-refractivity contribution < 1.29 is 5.11 Å². The van der Waals surface area contributed by atoms with Crippen LogP contribution in [0.4, 0.5) is 0 Å². The molecule has 0 spiro atoms. The molecule has 27 heavy (non-hydrogen) atoms. The molecule has 1 nitrogen and oxygen atoms in total. The molecular formula is C25H30OP+. The first kappa shape index (κ1) is 19.6. The Labute approximate surface area is 164 Å². The van der Waals surface area contributed by atoms with E-state index in [2.05, 4.69) is 79.7 Å². The molecule has 0 bridgehead atoms. The molecule has 2 heteroatoms. The Morgan fingerprint density at radius 2 is 1.15 bits per heavy atom. The molecule has 3 aromatic rings. The first-order chi connectivity index (χ1) is 13.3. The van der Waals surface area contributed by atoms with Gasteiger partial charge in [-0.15, -0.1) is 0 Å². The van der Waals surface area contributed by atoms with E-state index in [0.717, 1.165) is 11.5 Å². The van der Waals surface area contributed by atoms with Crippen LogP contribution in [0.1, 0.15) is 39.0 Å². The zero-order valence-electron chi connectivity index (χ0n) is 16.2. The van der Waals surface area contributed by atoms with E-state index in [-0.39, 0.29) is 0 Å². The van der Waals surface area contributed by atoms with Gasteiger partial charge in [-0.3, -0.25) is 0 Å². The number of aromatic hydroxyl groups is 1. The van der Waals surface area contributed by atoms with Gasteiger partial charge in [-0.2, -0.15) is 0 Å². The molecule has 0 atom stereocenters. The first-order valence-corrected chi connectivity index (χ1v) is 12.0. The maximum atomic E-state index is 10.8. The van der Waals surface area contributed by atoms with Gasteiger partial charge in [-0.1, -0.05) is 74.7 Å². The molecule has 140 valence electrons. The highest BCUT2D eigenvalue weighted by molar-refractivity contribution is 7.95. The number of phenolic OH excluding ortho intramolecular Hbond substituents is 1. The third kappa shape index (κ3) is 4.42. The molecule has 0 radical (unpaired) electrons. The highest BCUT2D eigenvalue weighted by Crippen LogP contribution is 2.57. The van der Waals surface area contributed by atoms with Gasteiger partial charge in [0, 0.05) is 0 Å². The number of hydrogen-bond acceptors (Lipinski definition) is 1. The van der Waals surface area contributed by atoms with Crippen molar-refractivity contribution in [3.63, 3.8) is 0 Å². The molecule has 0 unspecified atom stereocenters. The summed E-state index contributed by atoms with van der Waals surface area (Å²) in [6, 6.07) is 29.6. The first-order valence-electron chi connectivity index (χ1n) is 10.1. The van der Waals surface area contributed by atoms with Crippen LogP contribution in [0, 0.1) is 0 Å². The van der Waals surface area contributed by atoms with Gasteiger partial charge in [0.1, 0.15) is 23.2 Å². The van der Waals surface area contributed by atoms with Crippen molar-refractivity contribution in [1.29, 1.82) is 0 Å². The second-order valence-electron chi connectivity index (χ2n) is 7.11. The zero-order valence-corrected chi connectivity index (χ0v) is 17.1. The molecule has 0 saturated heterocycles. The Hall–Kier alpha value is -2.11. The van der Waals surface area contributed by atoms with Gasteiger partial charge in [0.15, 0.2) is 5.75 Å². The van der Waals surface area contributed by atoms with E-state index < -0.39 is 7.26 Å². The van der Waals surface area contributed by atoms with Crippen LogP contribution in [0.2, 0.25) is 0 Å². The summed E-state index contributed by atoms with van der Waals surface area (Å²) in [5.74, 6) is 0.423. The Kier molecular flexibility index (Phi) is 7.07. The van der Waals surface area contributed by atoms with Crippen molar-refractivity contribution in [3.8, 4) is 5.75 Å². The zero-order chi connectivity index (χ0) is 19.0. The van der Waals surface area contributed by atoms with E-state index in [0.29, 0.717) is 5.75 Å². The fourth-order valence-corrected chi connectivity index (χ4v) is 8.39. The van der Waals surface area contributed by atoms with Gasteiger partial charge < -0.3 is 5.11 Å². The number of para-hydroxylation sites is 1. The Morgan fingerprint density at radius 1 is 0.630 bits per heavy atom. The molecule has 0 aliphatic rings. The number of rotatable bonds is 9. The maximum absolute atomic E-state index is 10.8. The van der Waals surface area contributed by atoms with E-state index in [1.165, 1.54) is 42.7 Å². The van der Waals surface area contributed by atoms with Crippen molar-refractivity contribution in [2.75, 3.05) is 6.16 Å². The highest BCUT2D eigenvalue weighted by Gasteiger charge is 2.46. The van der Waals surface area contributed by atoms with Gasteiger partial charge in [0.2, 0.25) is 0 Å². The van der Waals surface area contributed by atoms with Crippen LogP contribution in [0.25, 0.3) is 0 Å². The lowest BCUT2D eigenvalue weighted by Gasteiger charge is -2.28. The minimum atomic E-state index is -1.89. The topological polar surface area (TPSA) is 20.2 Å². The van der Waals surface area contributed by atoms with Gasteiger partial charge in [-0.25, -0.2) is 0 Å². The van der Waals surface area contributed by atoms with Gasteiger partial charge in [-0.05, 0) is 49.2 Å². The highest BCUT2D eigenvalue weighted by atomic mass is 31.2. The number of unbranched alkanes of at least 4 members (excludes halogenated alkanes) is 4. The van der Waals surface area contributed by atoms with Gasteiger partial charge in [0.05, 0.1) is 6.16 Å². The van der Waals surface area contributed by atoms with E-state index in [9.17, 15) is 5.11 Å². The lowest BCUT2D eigenvalue weighted by atomic mass is 10.2. The summed E-state index contributed by atoms with van der Waals surface area (Å²) in [6.45, 7) is 2.26. The van der Waals surface area contributed by atoms with E-state index in [1.807, 2.05) is 12.1 Å². The molecule has 0 heterocycles. The predicted octanol–water partition coefficient (Wildman–Crippen LogP) is 5.66. The molecule has 0 saturated carbocycles. The van der Waals surface area contributed by atoms with Gasteiger partial charge >= 0.3 is 0 Å². The van der Waals surface area contributed by atoms with E-state index >= 15 is 0 Å². The minimum absolute atomic E-state index is 0.423. The molecule has 0 aliphatic heterocycles. The van der Waals surface area contributed by atoms with Crippen LogP contribution in [0.5, 0.6) is 5.75 Å². The number of phenols is 1. The summed E-state index contributed by atoms with van der Waals surface area (Å²) in [7, 11) is -1.89. The van der Waals surface area contributed by atoms with Crippen LogP contribution in [-0.4, -0.2) is 11.3 Å². The van der Waals surface area contributed by atoms with Crippen molar-refractivity contribution in [2.45, 2.75) is 39.0 Å². The summed E-state index contributed by atoms with van der Waals surface area (Å²) >= 11 is 0. The Bertz CT molecular complexity index is 774. The predicted molar refractivity (Wildman–Crippen MR) is 120 cm³/mol. The molecule has 0 aromatic heterocycles. The average Bonchev–Trinajstić information content (AvgIpc) is 2.73. The fraction of sp³-hybridized carbons (Fsp3) is 0.280. The average molecular weight is 377 g/mol. The molecule has 0 fully saturated rings. The largest absolute Gasteiger partial charge is 0.504 e. The van der Waals surface area contributed by atoms with Crippen LogP contribution in [-0.2, 0) is 0 Å². The monoisotopic (exact) mass is 377 g/mol. The van der Waals surface area contributed by atoms with Crippen molar-refractivity contribution in [2.24, 2.45) is 0 Å². The second-order valence-corrected chi connectivity index (χ2v) is 10.7. The normalized spacial score (nSPS) is 11.4. The summed E-state index contributed by atoms with van der Waals surface area (Å²) in [6.07, 6.45) is 7.40. The maximum Gasteiger partial charge on any atom is 0.158 e. The van der Waals surface area contributed by atoms with E-state index in [1.54, 1.807) is 0 Å². The third-order valence-electron chi connectivity index (χ3n) is 5.28. The van der Waals surface area contributed by atoms with Crippen LogP contribution in [0.3, 0.4) is 0 Å². The van der Waals surface area contributed by atoms with Crippen molar-refractivity contribution in [1.82, 2.24) is 0 Å². The van der Waals surface area contributed by atoms with Gasteiger partial charge in [0.25, 0.3) is 0 Å². The van der Waals surface area contributed by atoms with Crippen LogP contribution in [0.15, 0.2) is 84.9 Å². The number of benzene rings is 3. The smallest absolute Gasteiger partial charge is 0.158 e. The second kappa shape index (κ2) is 9.72. The minimum Gasteiger partial charge on any atom is -0.504 e. The SMILES string of the molecule is CCCCCCC[P+](c1ccccc1)(c1ccccc1)c1ccccc1O. The molecule has 0 amide bonds. The molecule has 3 rings (SSSR count). The molecule has 0 aliphatic carbocycles. The summed E-state index contributed by atoms with van der Waals surface area (Å²) in [5.41, 5.74) is 0. The standard InChI is InChI=1S/C25H29OP/c1-2-3-4-5-14-21-27(22-15-8-6-9-16-22,23-17-10-7-11-18-23)25-20-13-12-19-24(25)26/h6-13,15-20H,2-5,14,21H2,1H3/p+1. The lowest BCUT2D eigenvalue weighted by Crippen LogP contribution is -2.33.